The lowest BCUT2D eigenvalue weighted by atomic mass is 10.0. The Morgan fingerprint density at radius 2 is 1.87 bits per heavy atom. The second kappa shape index (κ2) is 12.6. The zero-order chi connectivity index (χ0) is 27.8. The van der Waals surface area contributed by atoms with Gasteiger partial charge in [0.2, 0.25) is 5.91 Å². The molecule has 2 atom stereocenters. The Balaban J connectivity index is 1.53. The fourth-order valence-corrected chi connectivity index (χ4v) is 5.07. The maximum absolute atomic E-state index is 13.3. The Hall–Kier alpha value is -4.09. The van der Waals surface area contributed by atoms with Crippen molar-refractivity contribution in [3.63, 3.8) is 0 Å². The number of nitrogens with one attached hydrogen (secondary N) is 2. The highest BCUT2D eigenvalue weighted by atomic mass is 32.2. The van der Waals surface area contributed by atoms with Gasteiger partial charge in [0.25, 0.3) is 15.9 Å². The average Bonchev–Trinajstić information content (AvgIpc) is 3.46. The number of anilines is 1. The maximum Gasteiger partial charge on any atom is 0.285 e. The lowest BCUT2D eigenvalue weighted by Gasteiger charge is -2.19. The van der Waals surface area contributed by atoms with Gasteiger partial charge in [-0.3, -0.25) is 9.59 Å². The van der Waals surface area contributed by atoms with Crippen LogP contribution in [0.1, 0.15) is 22.3 Å². The van der Waals surface area contributed by atoms with Crippen LogP contribution in [0.2, 0.25) is 0 Å². The second-order valence-corrected chi connectivity index (χ2v) is 10.5. The molecule has 1 heterocycles. The molecule has 1 fully saturated rings. The highest BCUT2D eigenvalue weighted by Gasteiger charge is 2.24. The van der Waals surface area contributed by atoms with Crippen molar-refractivity contribution < 1.29 is 31.9 Å². The zero-order valence-electron chi connectivity index (χ0n) is 21.2. The number of halogens is 1. The van der Waals surface area contributed by atoms with Crippen molar-refractivity contribution in [3.05, 3.63) is 89.7 Å². The summed E-state index contributed by atoms with van der Waals surface area (Å²) in [6.07, 6.45) is 2.25. The van der Waals surface area contributed by atoms with Crippen molar-refractivity contribution in [3.8, 4) is 5.75 Å². The highest BCUT2D eigenvalue weighted by molar-refractivity contribution is 7.90. The molecule has 0 radical (unpaired) electrons. The van der Waals surface area contributed by atoms with Gasteiger partial charge in [-0.2, -0.15) is 12.8 Å². The van der Waals surface area contributed by atoms with Gasteiger partial charge in [0.1, 0.15) is 22.5 Å². The normalized spacial score (nSPS) is 16.1. The molecule has 1 unspecified atom stereocenters. The van der Waals surface area contributed by atoms with E-state index in [9.17, 15) is 22.4 Å². The predicted molar refractivity (Wildman–Crippen MR) is 144 cm³/mol. The number of carbonyl (C=O) groups is 2. The Labute approximate surface area is 226 Å². The molecule has 9 nitrogen and oxygen atoms in total. The van der Waals surface area contributed by atoms with E-state index in [1.165, 1.54) is 43.7 Å². The van der Waals surface area contributed by atoms with E-state index in [-0.39, 0.29) is 34.2 Å². The smallest absolute Gasteiger partial charge is 0.285 e. The van der Waals surface area contributed by atoms with Gasteiger partial charge in [0.15, 0.2) is 0 Å². The van der Waals surface area contributed by atoms with Gasteiger partial charge in [-0.05, 0) is 48.4 Å². The lowest BCUT2D eigenvalue weighted by Crippen LogP contribution is -2.45. The van der Waals surface area contributed by atoms with Gasteiger partial charge in [0.05, 0.1) is 13.7 Å². The second-order valence-electron chi connectivity index (χ2n) is 8.93. The number of carbonyl (C=O) groups excluding carboxylic acids is 2. The molecule has 0 aromatic heterocycles. The van der Waals surface area contributed by atoms with Crippen LogP contribution in [0.5, 0.6) is 5.75 Å². The molecule has 3 aromatic rings. The minimum Gasteiger partial charge on any atom is -0.495 e. The van der Waals surface area contributed by atoms with E-state index in [2.05, 4.69) is 15.0 Å². The van der Waals surface area contributed by atoms with Crippen LogP contribution in [0, 0.1) is 11.7 Å². The van der Waals surface area contributed by atoms with Crippen LogP contribution in [-0.2, 0) is 26.0 Å². The van der Waals surface area contributed by atoms with Crippen molar-refractivity contribution in [2.24, 2.45) is 10.3 Å². The van der Waals surface area contributed by atoms with Gasteiger partial charge in [-0.25, -0.2) is 4.39 Å². The number of sulfonamides is 1. The number of methoxy groups -OCH3 is 1. The van der Waals surface area contributed by atoms with E-state index in [1.807, 2.05) is 30.3 Å². The summed E-state index contributed by atoms with van der Waals surface area (Å²) in [5, 5.41) is 5.41. The van der Waals surface area contributed by atoms with Crippen molar-refractivity contribution in [2.75, 3.05) is 25.6 Å². The molecule has 39 heavy (non-hydrogen) atoms. The van der Waals surface area contributed by atoms with Crippen molar-refractivity contribution in [1.82, 2.24) is 5.32 Å². The lowest BCUT2D eigenvalue weighted by molar-refractivity contribution is -0.118. The molecular formula is C28H28FN3O6S. The Morgan fingerprint density at radius 1 is 1.13 bits per heavy atom. The van der Waals surface area contributed by atoms with Gasteiger partial charge in [-0.1, -0.05) is 30.3 Å². The van der Waals surface area contributed by atoms with Crippen molar-refractivity contribution in [2.45, 2.75) is 23.8 Å². The third kappa shape index (κ3) is 7.49. The molecule has 0 saturated carbocycles. The molecule has 11 heteroatoms. The van der Waals surface area contributed by atoms with Crippen LogP contribution in [0.25, 0.3) is 0 Å². The standard InChI is InChI=1S/C28H28FN3O6S/c1-37-25-16-23(11-12-26(25)39(35,36)30-17-20-13-14-38-18-20)31-28(34)24(15-19-5-3-2-4-6-19)32-27(33)21-7-9-22(29)10-8-21/h2-12,16-17,20,24H,13-15,18H2,1H3,(H,31,34)(H,32,33)/t20?,24-/m0/s1. The zero-order valence-corrected chi connectivity index (χ0v) is 22.0. The van der Waals surface area contributed by atoms with Crippen molar-refractivity contribution in [1.29, 1.82) is 0 Å². The fourth-order valence-electron chi connectivity index (χ4n) is 3.98. The molecule has 1 saturated heterocycles. The molecule has 1 aliphatic rings. The van der Waals surface area contributed by atoms with E-state index < -0.39 is 33.7 Å². The van der Waals surface area contributed by atoms with Gasteiger partial charge < -0.3 is 20.1 Å². The molecule has 3 aromatic carbocycles. The summed E-state index contributed by atoms with van der Waals surface area (Å²) < 4.78 is 53.2. The monoisotopic (exact) mass is 553 g/mol. The van der Waals surface area contributed by atoms with Crippen LogP contribution in [-0.4, -0.2) is 52.8 Å². The van der Waals surface area contributed by atoms with E-state index >= 15 is 0 Å². The minimum atomic E-state index is -4.05. The molecular weight excluding hydrogens is 525 g/mol. The number of hydrogen-bond acceptors (Lipinski definition) is 6. The summed E-state index contributed by atoms with van der Waals surface area (Å²) in [5.74, 6) is -1.64. The topological polar surface area (TPSA) is 123 Å². The first-order valence-electron chi connectivity index (χ1n) is 12.2. The quantitative estimate of drug-likeness (QED) is 0.370. The molecule has 1 aliphatic heterocycles. The molecule has 2 N–H and O–H groups in total. The third-order valence-corrected chi connectivity index (χ3v) is 7.39. The number of ether oxygens (including phenoxy) is 2. The summed E-state index contributed by atoms with van der Waals surface area (Å²) in [6, 6.07) is 17.2. The van der Waals surface area contributed by atoms with Crippen LogP contribution in [0.3, 0.4) is 0 Å². The number of benzene rings is 3. The minimum absolute atomic E-state index is 0.00239. The molecule has 2 amide bonds. The van der Waals surface area contributed by atoms with Gasteiger partial charge in [0, 0.05) is 42.5 Å². The molecule has 0 aliphatic carbocycles. The number of rotatable bonds is 10. The first-order chi connectivity index (χ1) is 18.7. The van der Waals surface area contributed by atoms with E-state index in [0.717, 1.165) is 17.7 Å². The van der Waals surface area contributed by atoms with E-state index in [0.29, 0.717) is 19.6 Å². The Bertz CT molecular complexity index is 1440. The van der Waals surface area contributed by atoms with Crippen LogP contribution in [0.4, 0.5) is 10.1 Å². The Kier molecular flexibility index (Phi) is 9.05. The fraction of sp³-hybridized carbons (Fsp3) is 0.250. The molecule has 0 spiro atoms. The van der Waals surface area contributed by atoms with Crippen LogP contribution < -0.4 is 15.4 Å². The summed E-state index contributed by atoms with van der Waals surface area (Å²) in [7, 11) is -2.73. The summed E-state index contributed by atoms with van der Waals surface area (Å²) in [5.41, 5.74) is 1.27. The first-order valence-corrected chi connectivity index (χ1v) is 13.7. The van der Waals surface area contributed by atoms with Crippen molar-refractivity contribution >= 4 is 33.7 Å². The van der Waals surface area contributed by atoms with Gasteiger partial charge in [-0.15, -0.1) is 0 Å². The SMILES string of the molecule is COc1cc(NC(=O)[C@H](Cc2ccccc2)NC(=O)c2ccc(F)cc2)ccc1S(=O)(=O)N=CC1CCOC1. The largest absolute Gasteiger partial charge is 0.495 e. The molecule has 4 rings (SSSR count). The third-order valence-electron chi connectivity index (χ3n) is 6.10. The summed E-state index contributed by atoms with van der Waals surface area (Å²) in [4.78, 5) is 25.9. The summed E-state index contributed by atoms with van der Waals surface area (Å²) in [6.45, 7) is 0.979. The number of amides is 2. The molecule has 204 valence electrons. The molecule has 0 bridgehead atoms. The average molecular weight is 554 g/mol. The number of hydrogen-bond donors (Lipinski definition) is 2. The van der Waals surface area contributed by atoms with E-state index in [4.69, 9.17) is 9.47 Å². The van der Waals surface area contributed by atoms with Crippen LogP contribution >= 0.6 is 0 Å². The summed E-state index contributed by atoms with van der Waals surface area (Å²) >= 11 is 0. The highest BCUT2D eigenvalue weighted by Crippen LogP contribution is 2.29. The Morgan fingerprint density at radius 3 is 2.54 bits per heavy atom. The van der Waals surface area contributed by atoms with Gasteiger partial charge >= 0.3 is 0 Å². The van der Waals surface area contributed by atoms with E-state index in [1.54, 1.807) is 0 Å². The number of nitrogens with zero attached hydrogens (tertiary/aromatic N) is 1. The first kappa shape index (κ1) is 27.9. The maximum atomic E-state index is 13.3. The van der Waals surface area contributed by atoms with Crippen LogP contribution in [0.15, 0.2) is 82.1 Å². The predicted octanol–water partition coefficient (Wildman–Crippen LogP) is 3.61.